The smallest absolute Gasteiger partial charge is 0.128 e. The molecule has 0 saturated heterocycles. The Balaban J connectivity index is 3.14. The lowest BCUT2D eigenvalue weighted by atomic mass is 10.0. The molecule has 0 aliphatic carbocycles. The molecule has 0 amide bonds. The summed E-state index contributed by atoms with van der Waals surface area (Å²) in [5.41, 5.74) is 1.56. The predicted molar refractivity (Wildman–Crippen MR) is 66.7 cm³/mol. The Morgan fingerprint density at radius 2 is 1.88 bits per heavy atom. The molecule has 96 valence electrons. The highest BCUT2D eigenvalue weighted by Crippen LogP contribution is 2.34. The lowest BCUT2D eigenvalue weighted by molar-refractivity contribution is 0.342. The Hall–Kier alpha value is -1.29. The highest BCUT2D eigenvalue weighted by Gasteiger charge is 2.15. The number of likely N-dealkylation sites (N-methyl/N-ethyl adjacent to an activating group) is 1. The van der Waals surface area contributed by atoms with E-state index in [1.54, 1.807) is 13.2 Å². The van der Waals surface area contributed by atoms with Gasteiger partial charge in [0.1, 0.15) is 17.7 Å². The Morgan fingerprint density at radius 3 is 2.35 bits per heavy atom. The number of hydrogen-bond donors (Lipinski definition) is 1. The van der Waals surface area contributed by atoms with E-state index in [0.717, 1.165) is 24.3 Å². The molecule has 17 heavy (non-hydrogen) atoms. The minimum absolute atomic E-state index is 0.532. The third-order valence-corrected chi connectivity index (χ3v) is 2.71. The first-order chi connectivity index (χ1) is 8.13. The number of alkyl halides is 1. The fourth-order valence-corrected chi connectivity index (χ4v) is 1.76. The van der Waals surface area contributed by atoms with Crippen LogP contribution in [0.2, 0.25) is 0 Å². The number of benzene rings is 1. The van der Waals surface area contributed by atoms with Gasteiger partial charge in [0.2, 0.25) is 0 Å². The minimum Gasteiger partial charge on any atom is -0.496 e. The summed E-state index contributed by atoms with van der Waals surface area (Å²) < 4.78 is 23.9. The van der Waals surface area contributed by atoms with Crippen LogP contribution in [0.5, 0.6) is 11.5 Å². The molecule has 1 aromatic carbocycles. The molecule has 1 unspecified atom stereocenters. The van der Waals surface area contributed by atoms with Crippen molar-refractivity contribution in [3.8, 4) is 11.5 Å². The lowest BCUT2D eigenvalue weighted by Crippen LogP contribution is -2.11. The van der Waals surface area contributed by atoms with Gasteiger partial charge in [-0.15, -0.1) is 0 Å². The van der Waals surface area contributed by atoms with Crippen LogP contribution in [0.4, 0.5) is 4.39 Å². The van der Waals surface area contributed by atoms with Crippen molar-refractivity contribution in [2.75, 3.05) is 27.8 Å². The monoisotopic (exact) mass is 241 g/mol. The molecule has 1 atom stereocenters. The van der Waals surface area contributed by atoms with Crippen molar-refractivity contribution in [1.82, 2.24) is 5.32 Å². The van der Waals surface area contributed by atoms with Crippen molar-refractivity contribution < 1.29 is 13.9 Å². The predicted octanol–water partition coefficient (Wildman–Crippen LogP) is 2.50. The molecule has 0 aromatic heterocycles. The molecular weight excluding hydrogens is 221 g/mol. The van der Waals surface area contributed by atoms with Gasteiger partial charge in [0.15, 0.2) is 0 Å². The van der Waals surface area contributed by atoms with Gasteiger partial charge in [-0.05, 0) is 38.6 Å². The van der Waals surface area contributed by atoms with E-state index in [2.05, 4.69) is 5.32 Å². The molecule has 1 N–H and O–H groups in total. The van der Waals surface area contributed by atoms with Crippen molar-refractivity contribution in [2.45, 2.75) is 19.5 Å². The zero-order valence-corrected chi connectivity index (χ0v) is 10.8. The standard InChI is InChI=1S/C13H20FNO2/c1-9(14)11-7-10(5-6-15-2)12(16-3)8-13(11)17-4/h7-9,15H,5-6H2,1-4H3. The molecule has 0 spiro atoms. The van der Waals surface area contributed by atoms with Crippen LogP contribution >= 0.6 is 0 Å². The van der Waals surface area contributed by atoms with Crippen LogP contribution in [0, 0.1) is 0 Å². The van der Waals surface area contributed by atoms with Crippen LogP contribution in [-0.2, 0) is 6.42 Å². The number of halogens is 1. The maximum atomic E-state index is 13.5. The van der Waals surface area contributed by atoms with Crippen LogP contribution < -0.4 is 14.8 Å². The van der Waals surface area contributed by atoms with Crippen LogP contribution in [0.3, 0.4) is 0 Å². The fourth-order valence-electron chi connectivity index (χ4n) is 1.76. The molecule has 3 nitrogen and oxygen atoms in total. The van der Waals surface area contributed by atoms with Gasteiger partial charge < -0.3 is 14.8 Å². The maximum Gasteiger partial charge on any atom is 0.128 e. The average Bonchev–Trinajstić information content (AvgIpc) is 2.34. The van der Waals surface area contributed by atoms with Gasteiger partial charge in [-0.1, -0.05) is 0 Å². The quantitative estimate of drug-likeness (QED) is 0.830. The molecule has 4 heteroatoms. The van der Waals surface area contributed by atoms with Gasteiger partial charge in [-0.2, -0.15) is 0 Å². The van der Waals surface area contributed by atoms with Gasteiger partial charge in [-0.3, -0.25) is 0 Å². The van der Waals surface area contributed by atoms with Crippen LogP contribution in [0.1, 0.15) is 24.2 Å². The summed E-state index contributed by atoms with van der Waals surface area (Å²) >= 11 is 0. The first kappa shape index (κ1) is 13.8. The van der Waals surface area contributed by atoms with Crippen LogP contribution in [-0.4, -0.2) is 27.8 Å². The minimum atomic E-state index is -1.05. The maximum absolute atomic E-state index is 13.5. The van der Waals surface area contributed by atoms with E-state index in [1.807, 2.05) is 13.1 Å². The van der Waals surface area contributed by atoms with Gasteiger partial charge in [0.05, 0.1) is 14.2 Å². The number of rotatable bonds is 6. The van der Waals surface area contributed by atoms with E-state index in [9.17, 15) is 4.39 Å². The SMILES string of the molecule is CNCCc1cc(C(C)F)c(OC)cc1OC. The molecule has 0 saturated carbocycles. The molecule has 0 aliphatic heterocycles. The molecule has 1 rings (SSSR count). The molecular formula is C13H20FNO2. The van der Waals surface area contributed by atoms with Crippen molar-refractivity contribution in [3.63, 3.8) is 0 Å². The number of nitrogens with one attached hydrogen (secondary N) is 1. The summed E-state index contributed by atoms with van der Waals surface area (Å²) in [7, 11) is 5.03. The molecule has 0 radical (unpaired) electrons. The fraction of sp³-hybridized carbons (Fsp3) is 0.538. The first-order valence-electron chi connectivity index (χ1n) is 5.67. The Labute approximate surface area is 102 Å². The summed E-state index contributed by atoms with van der Waals surface area (Å²) in [6.07, 6.45) is -0.257. The van der Waals surface area contributed by atoms with Gasteiger partial charge >= 0.3 is 0 Å². The Morgan fingerprint density at radius 1 is 1.24 bits per heavy atom. The van der Waals surface area contributed by atoms with Gasteiger partial charge in [0, 0.05) is 11.6 Å². The molecule has 0 bridgehead atoms. The van der Waals surface area contributed by atoms with Crippen molar-refractivity contribution >= 4 is 0 Å². The summed E-state index contributed by atoms with van der Waals surface area (Å²) in [5.74, 6) is 1.27. The number of methoxy groups -OCH3 is 2. The highest BCUT2D eigenvalue weighted by atomic mass is 19.1. The Bertz CT molecular complexity index is 367. The highest BCUT2D eigenvalue weighted by molar-refractivity contribution is 5.47. The zero-order chi connectivity index (χ0) is 12.8. The molecule has 1 aromatic rings. The van der Waals surface area contributed by atoms with Crippen LogP contribution in [0.15, 0.2) is 12.1 Å². The number of hydrogen-bond acceptors (Lipinski definition) is 3. The molecule has 0 aliphatic rings. The third-order valence-electron chi connectivity index (χ3n) is 2.71. The summed E-state index contributed by atoms with van der Waals surface area (Å²) in [6.45, 7) is 2.33. The summed E-state index contributed by atoms with van der Waals surface area (Å²) in [5, 5.41) is 3.06. The van der Waals surface area contributed by atoms with Crippen LogP contribution in [0.25, 0.3) is 0 Å². The third kappa shape index (κ3) is 3.33. The second-order valence-corrected chi connectivity index (χ2v) is 3.88. The van der Waals surface area contributed by atoms with E-state index < -0.39 is 6.17 Å². The summed E-state index contributed by atoms with van der Waals surface area (Å²) in [6, 6.07) is 3.57. The summed E-state index contributed by atoms with van der Waals surface area (Å²) in [4.78, 5) is 0. The first-order valence-corrected chi connectivity index (χ1v) is 5.67. The molecule has 0 heterocycles. The normalized spacial score (nSPS) is 12.3. The second-order valence-electron chi connectivity index (χ2n) is 3.88. The van der Waals surface area contributed by atoms with Gasteiger partial charge in [-0.25, -0.2) is 4.39 Å². The largest absolute Gasteiger partial charge is 0.496 e. The van der Waals surface area contributed by atoms with E-state index in [1.165, 1.54) is 14.0 Å². The van der Waals surface area contributed by atoms with E-state index in [-0.39, 0.29) is 0 Å². The Kier molecular flexibility index (Phi) is 5.22. The zero-order valence-electron chi connectivity index (χ0n) is 10.8. The van der Waals surface area contributed by atoms with E-state index in [4.69, 9.17) is 9.47 Å². The van der Waals surface area contributed by atoms with E-state index in [0.29, 0.717) is 11.3 Å². The topological polar surface area (TPSA) is 30.5 Å². The lowest BCUT2D eigenvalue weighted by Gasteiger charge is -2.15. The van der Waals surface area contributed by atoms with Crippen molar-refractivity contribution in [2.24, 2.45) is 0 Å². The van der Waals surface area contributed by atoms with Crippen molar-refractivity contribution in [3.05, 3.63) is 23.3 Å². The van der Waals surface area contributed by atoms with E-state index >= 15 is 0 Å². The number of ether oxygens (including phenoxy) is 2. The second kappa shape index (κ2) is 6.45. The average molecular weight is 241 g/mol. The molecule has 0 fully saturated rings. The van der Waals surface area contributed by atoms with Crippen molar-refractivity contribution in [1.29, 1.82) is 0 Å². The van der Waals surface area contributed by atoms with Gasteiger partial charge in [0.25, 0.3) is 0 Å².